The molecule has 2 N–H and O–H groups in total. The largest absolute Gasteiger partial charge is 0.493 e. The van der Waals surface area contributed by atoms with Crippen LogP contribution in [0.2, 0.25) is 0 Å². The van der Waals surface area contributed by atoms with Crippen molar-refractivity contribution in [2.24, 2.45) is 5.92 Å². The van der Waals surface area contributed by atoms with Crippen LogP contribution >= 0.6 is 12.4 Å². The molecule has 1 saturated heterocycles. The maximum atomic E-state index is 12.0. The van der Waals surface area contributed by atoms with Gasteiger partial charge in [0.1, 0.15) is 0 Å². The van der Waals surface area contributed by atoms with Gasteiger partial charge in [-0.25, -0.2) is 0 Å². The Morgan fingerprint density at radius 1 is 1.33 bits per heavy atom. The summed E-state index contributed by atoms with van der Waals surface area (Å²) in [4.78, 5) is 12.0. The Labute approximate surface area is 131 Å². The molecule has 1 atom stereocenters. The van der Waals surface area contributed by atoms with Crippen molar-refractivity contribution >= 4 is 18.3 Å². The number of benzene rings is 1. The Bertz CT molecular complexity index is 462. The van der Waals surface area contributed by atoms with Gasteiger partial charge >= 0.3 is 0 Å². The lowest BCUT2D eigenvalue weighted by Crippen LogP contribution is -2.40. The first-order valence-corrected chi connectivity index (χ1v) is 6.94. The van der Waals surface area contributed by atoms with Crippen LogP contribution < -0.4 is 20.1 Å². The highest BCUT2D eigenvalue weighted by atomic mass is 35.5. The summed E-state index contributed by atoms with van der Waals surface area (Å²) in [5.74, 6) is 1.58. The number of carbonyl (C=O) groups is 1. The zero-order chi connectivity index (χ0) is 14.4. The maximum absolute atomic E-state index is 12.0. The van der Waals surface area contributed by atoms with Gasteiger partial charge in [0.2, 0.25) is 5.91 Å². The number of hydrogen-bond donors (Lipinski definition) is 2. The average Bonchev–Trinajstić information content (AvgIpc) is 2.53. The molecule has 1 aliphatic heterocycles. The maximum Gasteiger partial charge on any atom is 0.224 e. The van der Waals surface area contributed by atoms with E-state index >= 15 is 0 Å². The van der Waals surface area contributed by atoms with Crippen molar-refractivity contribution in [2.75, 3.05) is 27.3 Å². The highest BCUT2D eigenvalue weighted by Gasteiger charge is 2.20. The normalized spacial score (nSPS) is 17.5. The fourth-order valence-corrected chi connectivity index (χ4v) is 2.40. The molecule has 0 spiro atoms. The summed E-state index contributed by atoms with van der Waals surface area (Å²) < 4.78 is 10.4. The second-order valence-corrected chi connectivity index (χ2v) is 4.95. The van der Waals surface area contributed by atoms with Gasteiger partial charge in [-0.15, -0.1) is 12.4 Å². The van der Waals surface area contributed by atoms with Crippen LogP contribution in [0.1, 0.15) is 18.4 Å². The molecule has 1 aromatic rings. The smallest absolute Gasteiger partial charge is 0.224 e. The number of carbonyl (C=O) groups excluding carboxylic acids is 1. The Hall–Kier alpha value is -1.46. The molecule has 21 heavy (non-hydrogen) atoms. The number of amides is 1. The van der Waals surface area contributed by atoms with E-state index in [0.29, 0.717) is 18.0 Å². The monoisotopic (exact) mass is 314 g/mol. The first-order valence-electron chi connectivity index (χ1n) is 6.94. The SMILES string of the molecule is COc1ccc(CNC(=O)C2CCCNC2)cc1OC.Cl. The van der Waals surface area contributed by atoms with E-state index in [9.17, 15) is 4.79 Å². The number of halogens is 1. The number of methoxy groups -OCH3 is 2. The molecule has 0 bridgehead atoms. The lowest BCUT2D eigenvalue weighted by Gasteiger charge is -2.22. The number of piperidine rings is 1. The first kappa shape index (κ1) is 17.6. The number of nitrogens with one attached hydrogen (secondary N) is 2. The van der Waals surface area contributed by atoms with Crippen molar-refractivity contribution in [2.45, 2.75) is 19.4 Å². The van der Waals surface area contributed by atoms with E-state index < -0.39 is 0 Å². The zero-order valence-corrected chi connectivity index (χ0v) is 13.3. The summed E-state index contributed by atoms with van der Waals surface area (Å²) in [5.41, 5.74) is 1.000. The standard InChI is InChI=1S/C15H22N2O3.ClH/c1-19-13-6-5-11(8-14(13)20-2)9-17-15(18)12-4-3-7-16-10-12;/h5-6,8,12,16H,3-4,7,9-10H2,1-2H3,(H,17,18);1H. The van der Waals surface area contributed by atoms with E-state index in [2.05, 4.69) is 10.6 Å². The third-order valence-corrected chi connectivity index (χ3v) is 3.58. The summed E-state index contributed by atoms with van der Waals surface area (Å²) in [7, 11) is 3.21. The highest BCUT2D eigenvalue weighted by Crippen LogP contribution is 2.27. The van der Waals surface area contributed by atoms with Crippen LogP contribution in [0.25, 0.3) is 0 Å². The van der Waals surface area contributed by atoms with E-state index in [0.717, 1.165) is 31.5 Å². The van der Waals surface area contributed by atoms with Crippen LogP contribution in [0, 0.1) is 5.92 Å². The molecule has 5 nitrogen and oxygen atoms in total. The summed E-state index contributed by atoms with van der Waals surface area (Å²) in [5, 5.41) is 6.23. The van der Waals surface area contributed by atoms with Crippen LogP contribution in [0.4, 0.5) is 0 Å². The lowest BCUT2D eigenvalue weighted by atomic mass is 9.99. The third kappa shape index (κ3) is 4.79. The Morgan fingerprint density at radius 2 is 2.10 bits per heavy atom. The molecule has 0 aromatic heterocycles. The summed E-state index contributed by atoms with van der Waals surface area (Å²) in [6.45, 7) is 2.30. The molecule has 1 fully saturated rings. The predicted molar refractivity (Wildman–Crippen MR) is 84.2 cm³/mol. The van der Waals surface area contributed by atoms with E-state index in [-0.39, 0.29) is 24.2 Å². The average molecular weight is 315 g/mol. The van der Waals surface area contributed by atoms with Crippen molar-refractivity contribution in [1.29, 1.82) is 0 Å². The van der Waals surface area contributed by atoms with Crippen molar-refractivity contribution in [3.8, 4) is 11.5 Å². The molecule has 6 heteroatoms. The fraction of sp³-hybridized carbons (Fsp3) is 0.533. The van der Waals surface area contributed by atoms with Gasteiger partial charge in [-0.3, -0.25) is 4.79 Å². The molecule has 1 amide bonds. The van der Waals surface area contributed by atoms with Gasteiger partial charge in [-0.05, 0) is 37.1 Å². The van der Waals surface area contributed by atoms with Crippen LogP contribution in [-0.4, -0.2) is 33.2 Å². The van der Waals surface area contributed by atoms with Crippen LogP contribution in [-0.2, 0) is 11.3 Å². The molecule has 0 aliphatic carbocycles. The summed E-state index contributed by atoms with van der Waals surface area (Å²) in [6.07, 6.45) is 2.03. The highest BCUT2D eigenvalue weighted by molar-refractivity contribution is 5.85. The topological polar surface area (TPSA) is 59.6 Å². The van der Waals surface area contributed by atoms with E-state index in [4.69, 9.17) is 9.47 Å². The molecular weight excluding hydrogens is 292 g/mol. The molecule has 2 rings (SSSR count). The van der Waals surface area contributed by atoms with Crippen LogP contribution in [0.15, 0.2) is 18.2 Å². The second kappa shape index (κ2) is 8.74. The Balaban J connectivity index is 0.00000220. The number of rotatable bonds is 5. The molecule has 1 aliphatic rings. The molecular formula is C15H23ClN2O3. The molecule has 0 radical (unpaired) electrons. The van der Waals surface area contributed by atoms with Crippen molar-refractivity contribution < 1.29 is 14.3 Å². The van der Waals surface area contributed by atoms with Gasteiger partial charge in [0, 0.05) is 13.1 Å². The van der Waals surface area contributed by atoms with E-state index in [1.54, 1.807) is 14.2 Å². The number of hydrogen-bond acceptors (Lipinski definition) is 4. The lowest BCUT2D eigenvalue weighted by molar-refractivity contribution is -0.125. The van der Waals surface area contributed by atoms with Crippen LogP contribution in [0.3, 0.4) is 0 Å². The minimum absolute atomic E-state index is 0. The fourth-order valence-electron chi connectivity index (χ4n) is 2.40. The first-order chi connectivity index (χ1) is 9.74. The minimum Gasteiger partial charge on any atom is -0.493 e. The Morgan fingerprint density at radius 3 is 2.71 bits per heavy atom. The second-order valence-electron chi connectivity index (χ2n) is 4.95. The third-order valence-electron chi connectivity index (χ3n) is 3.58. The quantitative estimate of drug-likeness (QED) is 0.869. The molecule has 1 aromatic carbocycles. The van der Waals surface area contributed by atoms with Gasteiger partial charge in [-0.1, -0.05) is 6.07 Å². The molecule has 1 unspecified atom stereocenters. The van der Waals surface area contributed by atoms with Gasteiger partial charge in [-0.2, -0.15) is 0 Å². The van der Waals surface area contributed by atoms with Crippen LogP contribution in [0.5, 0.6) is 11.5 Å². The van der Waals surface area contributed by atoms with Crippen molar-refractivity contribution in [1.82, 2.24) is 10.6 Å². The van der Waals surface area contributed by atoms with Gasteiger partial charge in [0.05, 0.1) is 20.1 Å². The molecule has 1 heterocycles. The van der Waals surface area contributed by atoms with Crippen molar-refractivity contribution in [3.63, 3.8) is 0 Å². The summed E-state index contributed by atoms with van der Waals surface area (Å²) in [6, 6.07) is 5.67. The summed E-state index contributed by atoms with van der Waals surface area (Å²) >= 11 is 0. The molecule has 118 valence electrons. The van der Waals surface area contributed by atoms with Gasteiger partial charge in [0.25, 0.3) is 0 Å². The predicted octanol–water partition coefficient (Wildman–Crippen LogP) is 1.74. The van der Waals surface area contributed by atoms with Crippen molar-refractivity contribution in [3.05, 3.63) is 23.8 Å². The zero-order valence-electron chi connectivity index (χ0n) is 12.5. The van der Waals surface area contributed by atoms with Gasteiger partial charge < -0.3 is 20.1 Å². The Kier molecular flexibility index (Phi) is 7.32. The molecule has 0 saturated carbocycles. The number of ether oxygens (including phenoxy) is 2. The minimum atomic E-state index is 0. The van der Waals surface area contributed by atoms with E-state index in [1.807, 2.05) is 18.2 Å². The van der Waals surface area contributed by atoms with Gasteiger partial charge in [0.15, 0.2) is 11.5 Å². The van der Waals surface area contributed by atoms with E-state index in [1.165, 1.54) is 0 Å².